The molecule has 3 atom stereocenters. The maximum atomic E-state index is 13.0. The SMILES string of the molecule is CC(C)(C)OC(=O)NC[C@H](O)[C@H]1CCC[C@@H](C(=O)OC(C)(C)C)N1CC(=O)c1ccccc1. The number of rotatable bonds is 7. The summed E-state index contributed by atoms with van der Waals surface area (Å²) in [7, 11) is 0. The Bertz CT molecular complexity index is 812. The Morgan fingerprint density at radius 3 is 2.21 bits per heavy atom. The van der Waals surface area contributed by atoms with Crippen LogP contribution in [0, 0.1) is 0 Å². The van der Waals surface area contributed by atoms with E-state index >= 15 is 0 Å². The topological polar surface area (TPSA) is 105 Å². The molecule has 0 radical (unpaired) electrons. The number of esters is 1. The molecule has 1 heterocycles. The van der Waals surface area contributed by atoms with Crippen LogP contribution in [0.5, 0.6) is 0 Å². The highest BCUT2D eigenvalue weighted by Gasteiger charge is 2.41. The highest BCUT2D eigenvalue weighted by Crippen LogP contribution is 2.28. The molecule has 184 valence electrons. The Balaban J connectivity index is 2.19. The van der Waals surface area contributed by atoms with Crippen molar-refractivity contribution in [3.8, 4) is 0 Å². The minimum absolute atomic E-state index is 0.0396. The molecule has 1 aromatic carbocycles. The van der Waals surface area contributed by atoms with Crippen molar-refractivity contribution in [1.29, 1.82) is 0 Å². The Morgan fingerprint density at radius 1 is 1.03 bits per heavy atom. The summed E-state index contributed by atoms with van der Waals surface area (Å²) in [5.41, 5.74) is -0.794. The smallest absolute Gasteiger partial charge is 0.407 e. The lowest BCUT2D eigenvalue weighted by molar-refractivity contribution is -0.165. The van der Waals surface area contributed by atoms with Gasteiger partial charge in [0.25, 0.3) is 0 Å². The first-order valence-electron chi connectivity index (χ1n) is 11.5. The number of likely N-dealkylation sites (tertiary alicyclic amines) is 1. The number of carbonyl (C=O) groups excluding carboxylic acids is 3. The van der Waals surface area contributed by atoms with Crippen molar-refractivity contribution >= 4 is 17.8 Å². The Kier molecular flexibility index (Phi) is 9.03. The van der Waals surface area contributed by atoms with Crippen LogP contribution in [0.25, 0.3) is 0 Å². The predicted molar refractivity (Wildman–Crippen MR) is 125 cm³/mol. The summed E-state index contributed by atoms with van der Waals surface area (Å²) in [5.74, 6) is -0.566. The molecule has 0 bridgehead atoms. The van der Waals surface area contributed by atoms with Gasteiger partial charge < -0.3 is 19.9 Å². The number of benzene rings is 1. The van der Waals surface area contributed by atoms with Crippen LogP contribution in [0.1, 0.15) is 71.2 Å². The first-order valence-corrected chi connectivity index (χ1v) is 11.5. The molecule has 1 aliphatic heterocycles. The summed E-state index contributed by atoms with van der Waals surface area (Å²) in [5, 5.41) is 13.5. The van der Waals surface area contributed by atoms with Gasteiger partial charge in [-0.1, -0.05) is 30.3 Å². The van der Waals surface area contributed by atoms with Crippen molar-refractivity contribution < 1.29 is 29.0 Å². The van der Waals surface area contributed by atoms with Crippen molar-refractivity contribution in [2.24, 2.45) is 0 Å². The van der Waals surface area contributed by atoms with Crippen molar-refractivity contribution in [2.45, 2.75) is 90.2 Å². The van der Waals surface area contributed by atoms with E-state index in [1.54, 1.807) is 70.7 Å². The summed E-state index contributed by atoms with van der Waals surface area (Å²) >= 11 is 0. The van der Waals surface area contributed by atoms with Gasteiger partial charge in [-0.3, -0.25) is 14.5 Å². The normalized spacial score (nSPS) is 20.6. The Hall–Kier alpha value is -2.45. The van der Waals surface area contributed by atoms with E-state index in [9.17, 15) is 19.5 Å². The first-order chi connectivity index (χ1) is 15.3. The van der Waals surface area contributed by atoms with Crippen LogP contribution < -0.4 is 5.32 Å². The first kappa shape index (κ1) is 26.8. The van der Waals surface area contributed by atoms with Crippen LogP contribution in [0.3, 0.4) is 0 Å². The number of amides is 1. The number of nitrogens with one attached hydrogen (secondary N) is 1. The highest BCUT2D eigenvalue weighted by molar-refractivity contribution is 5.98. The molecule has 33 heavy (non-hydrogen) atoms. The number of aliphatic hydroxyl groups is 1. The molecule has 1 fully saturated rings. The van der Waals surface area contributed by atoms with E-state index in [4.69, 9.17) is 9.47 Å². The van der Waals surface area contributed by atoms with Crippen LogP contribution in [0.4, 0.5) is 4.79 Å². The summed E-state index contributed by atoms with van der Waals surface area (Å²) in [4.78, 5) is 39.7. The number of hydrogen-bond acceptors (Lipinski definition) is 7. The highest BCUT2D eigenvalue weighted by atomic mass is 16.6. The third-order valence-electron chi connectivity index (χ3n) is 5.20. The quantitative estimate of drug-likeness (QED) is 0.473. The average Bonchev–Trinajstić information content (AvgIpc) is 2.70. The predicted octanol–water partition coefficient (Wildman–Crippen LogP) is 3.32. The van der Waals surface area contributed by atoms with Gasteiger partial charge in [-0.25, -0.2) is 4.79 Å². The second-order valence-corrected chi connectivity index (χ2v) is 10.5. The van der Waals surface area contributed by atoms with E-state index in [1.165, 1.54) is 0 Å². The van der Waals surface area contributed by atoms with Gasteiger partial charge in [0, 0.05) is 18.2 Å². The average molecular weight is 463 g/mol. The molecule has 8 nitrogen and oxygen atoms in total. The van der Waals surface area contributed by atoms with Crippen molar-refractivity contribution in [1.82, 2.24) is 10.2 Å². The third-order valence-corrected chi connectivity index (χ3v) is 5.20. The summed E-state index contributed by atoms with van der Waals surface area (Å²) in [6.07, 6.45) is 0.172. The number of aliphatic hydroxyl groups excluding tert-OH is 1. The molecule has 0 spiro atoms. The van der Waals surface area contributed by atoms with Gasteiger partial charge in [-0.15, -0.1) is 0 Å². The molecule has 1 amide bonds. The number of piperidine rings is 1. The lowest BCUT2D eigenvalue weighted by Crippen LogP contribution is -2.59. The second-order valence-electron chi connectivity index (χ2n) is 10.5. The van der Waals surface area contributed by atoms with E-state index in [-0.39, 0.29) is 18.9 Å². The maximum absolute atomic E-state index is 13.0. The molecule has 0 aliphatic carbocycles. The lowest BCUT2D eigenvalue weighted by Gasteiger charge is -2.43. The van der Waals surface area contributed by atoms with Crippen molar-refractivity contribution in [3.05, 3.63) is 35.9 Å². The molecule has 0 saturated carbocycles. The summed E-state index contributed by atoms with van der Waals surface area (Å²) in [6.45, 7) is 10.6. The number of Topliss-reactive ketones (excluding diaryl/α,β-unsaturated/α-hetero) is 1. The Morgan fingerprint density at radius 2 is 1.64 bits per heavy atom. The third kappa shape index (κ3) is 8.78. The molecule has 2 rings (SSSR count). The minimum atomic E-state index is -0.994. The Labute approximate surface area is 196 Å². The van der Waals surface area contributed by atoms with E-state index in [0.29, 0.717) is 24.8 Å². The van der Waals surface area contributed by atoms with Crippen molar-refractivity contribution in [2.75, 3.05) is 13.1 Å². The number of carbonyl (C=O) groups is 3. The van der Waals surface area contributed by atoms with E-state index in [0.717, 1.165) is 0 Å². The fourth-order valence-corrected chi connectivity index (χ4v) is 3.87. The molecule has 1 aliphatic rings. The van der Waals surface area contributed by atoms with E-state index < -0.39 is 41.5 Å². The van der Waals surface area contributed by atoms with E-state index in [2.05, 4.69) is 5.32 Å². The van der Waals surface area contributed by atoms with Gasteiger partial charge in [-0.05, 0) is 60.8 Å². The van der Waals surface area contributed by atoms with Gasteiger partial charge in [-0.2, -0.15) is 0 Å². The van der Waals surface area contributed by atoms with Crippen LogP contribution >= 0.6 is 0 Å². The van der Waals surface area contributed by atoms with Gasteiger partial charge in [0.2, 0.25) is 0 Å². The molecule has 1 saturated heterocycles. The zero-order chi connectivity index (χ0) is 24.8. The molecular formula is C25H38N2O6. The standard InChI is InChI=1S/C25H38N2O6/c1-24(2,3)32-22(30)19-14-10-13-18(20(28)15-26-23(31)33-25(4,5)6)27(19)16-21(29)17-11-8-7-9-12-17/h7-9,11-12,18-20,28H,10,13-16H2,1-6H3,(H,26,31)/t18-,19+,20+/m1/s1. The van der Waals surface area contributed by atoms with Gasteiger partial charge in [0.15, 0.2) is 5.78 Å². The van der Waals surface area contributed by atoms with Crippen molar-refractivity contribution in [3.63, 3.8) is 0 Å². The van der Waals surface area contributed by atoms with Crippen LogP contribution in [-0.2, 0) is 14.3 Å². The molecule has 2 N–H and O–H groups in total. The number of ether oxygens (including phenoxy) is 2. The monoisotopic (exact) mass is 462 g/mol. The minimum Gasteiger partial charge on any atom is -0.459 e. The second kappa shape index (κ2) is 11.1. The van der Waals surface area contributed by atoms with Crippen LogP contribution in [-0.4, -0.2) is 70.3 Å². The largest absolute Gasteiger partial charge is 0.459 e. The zero-order valence-corrected chi connectivity index (χ0v) is 20.6. The van der Waals surface area contributed by atoms with Crippen LogP contribution in [0.15, 0.2) is 30.3 Å². The number of hydrogen-bond donors (Lipinski definition) is 2. The molecule has 0 aromatic heterocycles. The molecule has 0 unspecified atom stereocenters. The van der Waals surface area contributed by atoms with Gasteiger partial charge in [0.05, 0.1) is 12.6 Å². The van der Waals surface area contributed by atoms with E-state index in [1.807, 2.05) is 6.07 Å². The van der Waals surface area contributed by atoms with Crippen LogP contribution in [0.2, 0.25) is 0 Å². The fraction of sp³-hybridized carbons (Fsp3) is 0.640. The zero-order valence-electron chi connectivity index (χ0n) is 20.6. The molecule has 8 heteroatoms. The number of alkyl carbamates (subject to hydrolysis) is 1. The molecule has 1 aromatic rings. The van der Waals surface area contributed by atoms with Gasteiger partial charge in [0.1, 0.15) is 17.2 Å². The number of nitrogens with zero attached hydrogens (tertiary/aromatic N) is 1. The lowest BCUT2D eigenvalue weighted by atomic mass is 9.91. The summed E-state index contributed by atoms with van der Waals surface area (Å²) < 4.78 is 10.8. The fourth-order valence-electron chi connectivity index (χ4n) is 3.87. The van der Waals surface area contributed by atoms with Gasteiger partial charge >= 0.3 is 12.1 Å². The summed E-state index contributed by atoms with van der Waals surface area (Å²) in [6, 6.07) is 7.69. The number of ketones is 1. The maximum Gasteiger partial charge on any atom is 0.407 e. The molecular weight excluding hydrogens is 424 g/mol.